The lowest BCUT2D eigenvalue weighted by Crippen LogP contribution is -2.47. The summed E-state index contributed by atoms with van der Waals surface area (Å²) in [5, 5.41) is 6.59. The predicted octanol–water partition coefficient (Wildman–Crippen LogP) is 1.14. The monoisotopic (exact) mass is 331 g/mol. The van der Waals surface area contributed by atoms with Crippen LogP contribution in [0.5, 0.6) is 0 Å². The Kier molecular flexibility index (Phi) is 5.37. The average molecular weight is 331 g/mol. The molecule has 1 unspecified atom stereocenters. The van der Waals surface area contributed by atoms with Crippen LogP contribution in [-0.4, -0.2) is 56.2 Å². The van der Waals surface area contributed by atoms with Crippen molar-refractivity contribution >= 4 is 27.5 Å². The summed E-state index contributed by atoms with van der Waals surface area (Å²) in [7, 11) is -0.374. The molecule has 1 aromatic rings. The lowest BCUT2D eigenvalue weighted by atomic mass is 10.1. The Morgan fingerprint density at radius 1 is 1.43 bits per heavy atom. The zero-order valence-corrected chi connectivity index (χ0v) is 13.9. The summed E-state index contributed by atoms with van der Waals surface area (Å²) >= 11 is 1.47. The maximum Gasteiger partial charge on any atom is 0.281 e. The maximum absolute atomic E-state index is 12.2. The minimum absolute atomic E-state index is 0.134. The van der Waals surface area contributed by atoms with Crippen LogP contribution in [0, 0.1) is 0 Å². The molecule has 1 aromatic heterocycles. The molecule has 0 spiro atoms. The molecule has 1 aliphatic heterocycles. The molecule has 8 heteroatoms. The van der Waals surface area contributed by atoms with Crippen LogP contribution in [0.3, 0.4) is 0 Å². The summed E-state index contributed by atoms with van der Waals surface area (Å²) in [4.78, 5) is 12.1. The second-order valence-electron chi connectivity index (χ2n) is 5.33. The lowest BCUT2D eigenvalue weighted by molar-refractivity contribution is 0.0932. The van der Waals surface area contributed by atoms with Crippen LogP contribution in [0.25, 0.3) is 0 Å². The Hall–Kier alpha value is -0.960. The summed E-state index contributed by atoms with van der Waals surface area (Å²) in [5.41, 5.74) is 0.631. The molecule has 0 aromatic carbocycles. The molecule has 2 rings (SSSR count). The molecule has 1 N–H and O–H groups in total. The van der Waals surface area contributed by atoms with E-state index in [1.807, 2.05) is 5.38 Å². The van der Waals surface area contributed by atoms with Crippen LogP contribution in [0.2, 0.25) is 0 Å². The smallest absolute Gasteiger partial charge is 0.281 e. The number of carbonyl (C=O) groups is 1. The molecule has 6 nitrogen and oxygen atoms in total. The molecule has 0 bridgehead atoms. The zero-order chi connectivity index (χ0) is 15.5. The molecule has 1 atom stereocenters. The van der Waals surface area contributed by atoms with Crippen molar-refractivity contribution in [2.24, 2.45) is 0 Å². The van der Waals surface area contributed by atoms with Gasteiger partial charge in [0, 0.05) is 44.2 Å². The van der Waals surface area contributed by atoms with Gasteiger partial charge in [0.1, 0.15) is 0 Å². The van der Waals surface area contributed by atoms with Crippen molar-refractivity contribution in [3.8, 4) is 0 Å². The number of rotatable bonds is 4. The van der Waals surface area contributed by atoms with E-state index in [4.69, 9.17) is 0 Å². The van der Waals surface area contributed by atoms with E-state index in [1.54, 1.807) is 11.4 Å². The van der Waals surface area contributed by atoms with Crippen molar-refractivity contribution in [2.45, 2.75) is 25.3 Å². The Balaban J connectivity index is 2.05. The zero-order valence-electron chi connectivity index (χ0n) is 12.3. The minimum Gasteiger partial charge on any atom is -0.348 e. The van der Waals surface area contributed by atoms with Crippen molar-refractivity contribution in [3.05, 3.63) is 22.4 Å². The first-order valence-corrected chi connectivity index (χ1v) is 9.26. The minimum atomic E-state index is -3.43. The van der Waals surface area contributed by atoms with Crippen LogP contribution in [0.15, 0.2) is 16.8 Å². The number of thiophene rings is 1. The number of nitrogens with zero attached hydrogens (tertiary/aromatic N) is 2. The van der Waals surface area contributed by atoms with Gasteiger partial charge < -0.3 is 5.32 Å². The second kappa shape index (κ2) is 6.87. The van der Waals surface area contributed by atoms with Gasteiger partial charge in [-0.05, 0) is 24.3 Å². The standard InChI is InChI=1S/C13H21N3O3S2/c1-15(2)21(18,19)16-7-4-3-5-12(9-16)14-13(17)11-6-8-20-10-11/h6,8,10,12H,3-5,7,9H2,1-2H3,(H,14,17). The highest BCUT2D eigenvalue weighted by atomic mass is 32.2. The Morgan fingerprint density at radius 2 is 2.19 bits per heavy atom. The molecule has 118 valence electrons. The van der Waals surface area contributed by atoms with E-state index in [9.17, 15) is 13.2 Å². The topological polar surface area (TPSA) is 69.7 Å². The molecule has 21 heavy (non-hydrogen) atoms. The van der Waals surface area contributed by atoms with E-state index < -0.39 is 10.2 Å². The first kappa shape index (κ1) is 16.4. The molecule has 1 fully saturated rings. The molecular formula is C13H21N3O3S2. The fourth-order valence-electron chi connectivity index (χ4n) is 2.33. The van der Waals surface area contributed by atoms with Crippen LogP contribution < -0.4 is 5.32 Å². The highest BCUT2D eigenvalue weighted by molar-refractivity contribution is 7.86. The van der Waals surface area contributed by atoms with E-state index in [-0.39, 0.29) is 11.9 Å². The van der Waals surface area contributed by atoms with Crippen LogP contribution in [0.1, 0.15) is 29.6 Å². The van der Waals surface area contributed by atoms with Crippen molar-refractivity contribution in [3.63, 3.8) is 0 Å². The molecule has 0 saturated carbocycles. The number of hydrogen-bond donors (Lipinski definition) is 1. The average Bonchev–Trinajstić information content (AvgIpc) is 2.86. The van der Waals surface area contributed by atoms with E-state index in [0.29, 0.717) is 18.7 Å². The van der Waals surface area contributed by atoms with Crippen molar-refractivity contribution in [1.29, 1.82) is 0 Å². The normalized spacial score (nSPS) is 21.2. The number of nitrogens with one attached hydrogen (secondary N) is 1. The Labute approximate surface area is 129 Å². The molecule has 1 amide bonds. The van der Waals surface area contributed by atoms with Crippen molar-refractivity contribution < 1.29 is 13.2 Å². The van der Waals surface area contributed by atoms with Crippen LogP contribution in [-0.2, 0) is 10.2 Å². The SMILES string of the molecule is CN(C)S(=O)(=O)N1CCCCC(NC(=O)c2ccsc2)C1. The van der Waals surface area contributed by atoms with E-state index in [0.717, 1.165) is 19.3 Å². The van der Waals surface area contributed by atoms with E-state index >= 15 is 0 Å². The lowest BCUT2D eigenvalue weighted by Gasteiger charge is -2.27. The van der Waals surface area contributed by atoms with Gasteiger partial charge in [0.2, 0.25) is 0 Å². The van der Waals surface area contributed by atoms with Gasteiger partial charge in [-0.1, -0.05) is 6.42 Å². The Bertz CT molecular complexity index is 569. The Morgan fingerprint density at radius 3 is 2.81 bits per heavy atom. The van der Waals surface area contributed by atoms with Gasteiger partial charge in [-0.3, -0.25) is 4.79 Å². The van der Waals surface area contributed by atoms with Gasteiger partial charge in [-0.15, -0.1) is 0 Å². The van der Waals surface area contributed by atoms with Gasteiger partial charge in [0.25, 0.3) is 16.1 Å². The number of amides is 1. The van der Waals surface area contributed by atoms with Gasteiger partial charge in [-0.2, -0.15) is 28.4 Å². The second-order valence-corrected chi connectivity index (χ2v) is 8.25. The van der Waals surface area contributed by atoms with Gasteiger partial charge >= 0.3 is 0 Å². The highest BCUT2D eigenvalue weighted by Gasteiger charge is 2.29. The molecule has 1 aliphatic rings. The molecule has 2 heterocycles. The van der Waals surface area contributed by atoms with E-state index in [2.05, 4.69) is 5.32 Å². The third-order valence-electron chi connectivity index (χ3n) is 3.54. The van der Waals surface area contributed by atoms with Crippen molar-refractivity contribution in [1.82, 2.24) is 13.9 Å². The highest BCUT2D eigenvalue weighted by Crippen LogP contribution is 2.16. The first-order valence-electron chi connectivity index (χ1n) is 6.92. The third-order valence-corrected chi connectivity index (χ3v) is 6.13. The fourth-order valence-corrected chi connectivity index (χ4v) is 4.15. The molecule has 0 radical (unpaired) electrons. The molecule has 1 saturated heterocycles. The molecular weight excluding hydrogens is 310 g/mol. The van der Waals surface area contributed by atoms with Gasteiger partial charge in [0.15, 0.2) is 0 Å². The van der Waals surface area contributed by atoms with Gasteiger partial charge in [-0.25, -0.2) is 0 Å². The quantitative estimate of drug-likeness (QED) is 0.899. The third kappa shape index (κ3) is 4.03. The summed E-state index contributed by atoms with van der Waals surface area (Å²) in [6.07, 6.45) is 2.53. The maximum atomic E-state index is 12.2. The number of hydrogen-bond acceptors (Lipinski definition) is 4. The molecule has 0 aliphatic carbocycles. The van der Waals surface area contributed by atoms with Gasteiger partial charge in [0.05, 0.1) is 0 Å². The summed E-state index contributed by atoms with van der Waals surface area (Å²) < 4.78 is 27.2. The van der Waals surface area contributed by atoms with Crippen LogP contribution in [0.4, 0.5) is 0 Å². The summed E-state index contributed by atoms with van der Waals surface area (Å²) in [5.74, 6) is -0.134. The fraction of sp³-hybridized carbons (Fsp3) is 0.615. The summed E-state index contributed by atoms with van der Waals surface area (Å²) in [6, 6.07) is 1.63. The largest absolute Gasteiger partial charge is 0.348 e. The summed E-state index contributed by atoms with van der Waals surface area (Å²) in [6.45, 7) is 0.835. The van der Waals surface area contributed by atoms with Crippen molar-refractivity contribution in [2.75, 3.05) is 27.2 Å². The number of carbonyl (C=O) groups excluding carboxylic acids is 1. The first-order chi connectivity index (χ1) is 9.91. The predicted molar refractivity (Wildman–Crippen MR) is 83.6 cm³/mol. The van der Waals surface area contributed by atoms with E-state index in [1.165, 1.54) is 34.0 Å². The van der Waals surface area contributed by atoms with Crippen LogP contribution >= 0.6 is 11.3 Å².